The van der Waals surface area contributed by atoms with Crippen molar-refractivity contribution in [3.63, 3.8) is 0 Å². The fourth-order valence-corrected chi connectivity index (χ4v) is 3.91. The van der Waals surface area contributed by atoms with Crippen LogP contribution in [0.5, 0.6) is 5.75 Å². The van der Waals surface area contributed by atoms with Crippen molar-refractivity contribution in [2.75, 3.05) is 6.61 Å². The zero-order valence-electron chi connectivity index (χ0n) is 19.8. The smallest absolute Gasteiger partial charge is 0.422 e. The average Bonchev–Trinajstić information content (AvgIpc) is 3.22. The normalized spacial score (nSPS) is 16.9. The van der Waals surface area contributed by atoms with E-state index in [2.05, 4.69) is 20.8 Å². The highest BCUT2D eigenvalue weighted by atomic mass is 19.4. The molecule has 0 saturated carbocycles. The van der Waals surface area contributed by atoms with Crippen molar-refractivity contribution in [2.24, 2.45) is 0 Å². The van der Waals surface area contributed by atoms with Crippen molar-refractivity contribution in [2.45, 2.75) is 30.9 Å². The summed E-state index contributed by atoms with van der Waals surface area (Å²) < 4.78 is 87.9. The van der Waals surface area contributed by atoms with Gasteiger partial charge in [-0.3, -0.25) is 0 Å². The topological polar surface area (TPSA) is 85.1 Å². The van der Waals surface area contributed by atoms with Crippen molar-refractivity contribution in [3.8, 4) is 5.75 Å². The van der Waals surface area contributed by atoms with Gasteiger partial charge in [-0.15, -0.1) is 5.10 Å². The summed E-state index contributed by atoms with van der Waals surface area (Å²) in [5.41, 5.74) is -4.81. The first-order chi connectivity index (χ1) is 17.9. The Kier molecular flexibility index (Phi) is 7.31. The van der Waals surface area contributed by atoms with Gasteiger partial charge in [-0.05, 0) is 46.7 Å². The quantitative estimate of drug-likeness (QED) is 0.409. The van der Waals surface area contributed by atoms with Crippen LogP contribution in [-0.4, -0.2) is 43.8 Å². The SMILES string of the molecule is CC(F)(C1=CNC=C(c2ccc(OCC(F)(F)F)cc2)C=C1)C(O)(Cn1cnnn1)c1ccc(F)cc1F. The molecule has 7 nitrogen and oxygen atoms in total. The van der Waals surface area contributed by atoms with Crippen LogP contribution < -0.4 is 10.1 Å². The molecular formula is C25H21F6N5O2. The number of ether oxygens (including phenoxy) is 1. The Morgan fingerprint density at radius 2 is 1.74 bits per heavy atom. The number of benzene rings is 2. The molecule has 2 aromatic carbocycles. The Bertz CT molecular complexity index is 1370. The van der Waals surface area contributed by atoms with E-state index in [0.717, 1.165) is 30.1 Å². The van der Waals surface area contributed by atoms with Crippen molar-refractivity contribution in [1.29, 1.82) is 0 Å². The van der Waals surface area contributed by atoms with E-state index >= 15 is 4.39 Å². The molecule has 2 heterocycles. The van der Waals surface area contributed by atoms with Gasteiger partial charge in [0, 0.05) is 29.6 Å². The zero-order valence-corrected chi connectivity index (χ0v) is 19.8. The van der Waals surface area contributed by atoms with Crippen LogP contribution in [-0.2, 0) is 12.1 Å². The first-order valence-corrected chi connectivity index (χ1v) is 11.1. The number of hydrogen-bond donors (Lipinski definition) is 2. The molecule has 1 aromatic heterocycles. The molecule has 0 spiro atoms. The van der Waals surface area contributed by atoms with Gasteiger partial charge in [-0.25, -0.2) is 17.9 Å². The third kappa shape index (κ3) is 5.72. The Hall–Kier alpha value is -4.13. The molecular weight excluding hydrogens is 516 g/mol. The highest BCUT2D eigenvalue weighted by molar-refractivity contribution is 5.75. The third-order valence-electron chi connectivity index (χ3n) is 5.99. The molecule has 3 aromatic rings. The highest BCUT2D eigenvalue weighted by Gasteiger charge is 2.53. The summed E-state index contributed by atoms with van der Waals surface area (Å²) in [7, 11) is 0. The number of aliphatic hydroxyl groups is 1. The second-order valence-corrected chi connectivity index (χ2v) is 8.62. The zero-order chi connectivity index (χ0) is 27.6. The van der Waals surface area contributed by atoms with Crippen LogP contribution in [0.2, 0.25) is 0 Å². The molecule has 0 saturated heterocycles. The van der Waals surface area contributed by atoms with Gasteiger partial charge in [0.15, 0.2) is 12.3 Å². The molecule has 1 aliphatic heterocycles. The largest absolute Gasteiger partial charge is 0.484 e. The van der Waals surface area contributed by atoms with E-state index < -0.39 is 47.8 Å². The fourth-order valence-electron chi connectivity index (χ4n) is 3.91. The molecule has 2 atom stereocenters. The Morgan fingerprint density at radius 1 is 1.00 bits per heavy atom. The minimum Gasteiger partial charge on any atom is -0.484 e. The lowest BCUT2D eigenvalue weighted by Gasteiger charge is -2.40. The number of rotatable bonds is 8. The van der Waals surface area contributed by atoms with E-state index in [1.165, 1.54) is 48.8 Å². The van der Waals surface area contributed by atoms with Crippen LogP contribution in [0.25, 0.3) is 5.57 Å². The molecule has 0 amide bonds. The maximum absolute atomic E-state index is 16.6. The van der Waals surface area contributed by atoms with E-state index in [-0.39, 0.29) is 11.3 Å². The van der Waals surface area contributed by atoms with Gasteiger partial charge in [-0.2, -0.15) is 13.2 Å². The second kappa shape index (κ2) is 10.3. The molecule has 0 aliphatic carbocycles. The van der Waals surface area contributed by atoms with E-state index in [0.29, 0.717) is 17.2 Å². The molecule has 4 rings (SSSR count). The molecule has 200 valence electrons. The van der Waals surface area contributed by atoms with E-state index in [4.69, 9.17) is 4.74 Å². The van der Waals surface area contributed by atoms with E-state index in [1.807, 2.05) is 0 Å². The Labute approximate surface area is 212 Å². The standard InChI is InChI=1S/C25H21F6N5O2/c1-23(28,24(37,13-36-15-33-34-35-36)21-9-6-19(26)10-22(21)27)18-5-2-17(11-32-12-18)16-3-7-20(8-4-16)38-14-25(29,30)31/h2-12,15,32,37H,13-14H2,1H3. The first-order valence-electron chi connectivity index (χ1n) is 11.1. The number of alkyl halides is 4. The minimum absolute atomic E-state index is 0.0152. The van der Waals surface area contributed by atoms with Gasteiger partial charge >= 0.3 is 6.18 Å². The van der Waals surface area contributed by atoms with Crippen LogP contribution in [0.3, 0.4) is 0 Å². The Balaban J connectivity index is 1.62. The molecule has 38 heavy (non-hydrogen) atoms. The van der Waals surface area contributed by atoms with Gasteiger partial charge in [0.2, 0.25) is 0 Å². The molecule has 0 radical (unpaired) electrons. The summed E-state index contributed by atoms with van der Waals surface area (Å²) in [6.45, 7) is -1.00. The number of tetrazole rings is 1. The van der Waals surface area contributed by atoms with Crippen molar-refractivity contribution < 1.29 is 36.2 Å². The summed E-state index contributed by atoms with van der Waals surface area (Å²) in [6.07, 6.45) is 2.26. The van der Waals surface area contributed by atoms with Gasteiger partial charge in [0.05, 0.1) is 6.54 Å². The Morgan fingerprint density at radius 3 is 2.37 bits per heavy atom. The van der Waals surface area contributed by atoms with Gasteiger partial charge in [0.1, 0.15) is 29.3 Å². The lowest BCUT2D eigenvalue weighted by atomic mass is 9.75. The van der Waals surface area contributed by atoms with Crippen LogP contribution in [0, 0.1) is 11.6 Å². The predicted molar refractivity (Wildman–Crippen MR) is 124 cm³/mol. The maximum atomic E-state index is 16.6. The van der Waals surface area contributed by atoms with Crippen molar-refractivity contribution in [1.82, 2.24) is 25.5 Å². The number of aromatic nitrogens is 4. The number of allylic oxidation sites excluding steroid dienone is 3. The first kappa shape index (κ1) is 26.9. The number of halogens is 6. The summed E-state index contributed by atoms with van der Waals surface area (Å²) >= 11 is 0. The lowest BCUT2D eigenvalue weighted by Crippen LogP contribution is -2.51. The van der Waals surface area contributed by atoms with E-state index in [1.54, 1.807) is 0 Å². The third-order valence-corrected chi connectivity index (χ3v) is 5.99. The van der Waals surface area contributed by atoms with Crippen LogP contribution >= 0.6 is 0 Å². The summed E-state index contributed by atoms with van der Waals surface area (Å²) in [4.78, 5) is 0. The number of nitrogens with one attached hydrogen (secondary N) is 1. The molecule has 0 bridgehead atoms. The highest BCUT2D eigenvalue weighted by Crippen LogP contribution is 2.44. The second-order valence-electron chi connectivity index (χ2n) is 8.62. The molecule has 2 unspecified atom stereocenters. The van der Waals surface area contributed by atoms with Crippen molar-refractivity contribution in [3.05, 3.63) is 102 Å². The molecule has 0 fully saturated rings. The molecule has 1 aliphatic rings. The van der Waals surface area contributed by atoms with E-state index in [9.17, 15) is 27.1 Å². The lowest BCUT2D eigenvalue weighted by molar-refractivity contribution is -0.153. The van der Waals surface area contributed by atoms with Crippen LogP contribution in [0.4, 0.5) is 26.3 Å². The minimum atomic E-state index is -4.47. The fraction of sp³-hybridized carbons (Fsp3) is 0.240. The summed E-state index contributed by atoms with van der Waals surface area (Å²) in [6, 6.07) is 8.14. The predicted octanol–water partition coefficient (Wildman–Crippen LogP) is 4.59. The maximum Gasteiger partial charge on any atom is 0.422 e. The molecule has 13 heteroatoms. The summed E-state index contributed by atoms with van der Waals surface area (Å²) in [5.74, 6) is -2.06. The average molecular weight is 537 g/mol. The van der Waals surface area contributed by atoms with Gasteiger partial charge in [0.25, 0.3) is 0 Å². The summed E-state index contributed by atoms with van der Waals surface area (Å²) in [5, 5.41) is 25.0. The van der Waals surface area contributed by atoms with Crippen LogP contribution in [0.1, 0.15) is 18.1 Å². The van der Waals surface area contributed by atoms with Crippen LogP contribution in [0.15, 0.2) is 78.9 Å². The number of hydrogen-bond acceptors (Lipinski definition) is 6. The van der Waals surface area contributed by atoms with Gasteiger partial charge < -0.3 is 15.2 Å². The number of nitrogens with zero attached hydrogens (tertiary/aromatic N) is 4. The monoisotopic (exact) mass is 537 g/mol. The van der Waals surface area contributed by atoms with Gasteiger partial charge in [-0.1, -0.05) is 30.4 Å². The molecule has 2 N–H and O–H groups in total. The van der Waals surface area contributed by atoms with Crippen molar-refractivity contribution >= 4 is 5.57 Å².